The van der Waals surface area contributed by atoms with E-state index in [1.165, 1.54) is 17.4 Å². The van der Waals surface area contributed by atoms with Gasteiger partial charge >= 0.3 is 0 Å². The van der Waals surface area contributed by atoms with Crippen molar-refractivity contribution in [2.45, 2.75) is 19.6 Å². The van der Waals surface area contributed by atoms with Crippen LogP contribution < -0.4 is 11.3 Å². The molecule has 0 bridgehead atoms. The Labute approximate surface area is 111 Å². The minimum atomic E-state index is -0.319. The molecule has 98 valence electrons. The van der Waals surface area contributed by atoms with Crippen LogP contribution >= 0.6 is 0 Å². The molecule has 1 amide bonds. The highest BCUT2D eigenvalue weighted by atomic mass is 16.3. The molecule has 2 heterocycles. The molecular weight excluding hydrogens is 242 g/mol. The van der Waals surface area contributed by atoms with E-state index in [1.807, 2.05) is 12.1 Å². The van der Waals surface area contributed by atoms with Gasteiger partial charge in [-0.15, -0.1) is 0 Å². The van der Waals surface area contributed by atoms with Crippen LogP contribution in [0.3, 0.4) is 0 Å². The summed E-state index contributed by atoms with van der Waals surface area (Å²) in [5.41, 5.74) is 5.30. The van der Waals surface area contributed by atoms with Gasteiger partial charge in [0.1, 0.15) is 5.76 Å². The monoisotopic (exact) mass is 257 g/mol. The van der Waals surface area contributed by atoms with E-state index in [0.717, 1.165) is 13.1 Å². The van der Waals surface area contributed by atoms with Gasteiger partial charge in [0.05, 0.1) is 18.4 Å². The lowest BCUT2D eigenvalue weighted by molar-refractivity contribution is 0.0949. The van der Waals surface area contributed by atoms with Crippen LogP contribution in [0.2, 0.25) is 0 Å². The number of hydrazine groups is 1. The number of furan rings is 1. The molecule has 1 aromatic carbocycles. The fourth-order valence-electron chi connectivity index (χ4n) is 2.46. The average molecular weight is 257 g/mol. The van der Waals surface area contributed by atoms with Crippen LogP contribution in [0.1, 0.15) is 27.2 Å². The number of amides is 1. The Bertz CT molecular complexity index is 581. The van der Waals surface area contributed by atoms with E-state index in [0.29, 0.717) is 17.9 Å². The lowest BCUT2D eigenvalue weighted by Gasteiger charge is -2.13. The van der Waals surface area contributed by atoms with Crippen LogP contribution in [0.5, 0.6) is 0 Å². The van der Waals surface area contributed by atoms with E-state index in [4.69, 9.17) is 10.3 Å². The Kier molecular flexibility index (Phi) is 3.06. The molecule has 0 spiro atoms. The van der Waals surface area contributed by atoms with Gasteiger partial charge in [-0.3, -0.25) is 15.1 Å². The molecule has 2 aromatic rings. The quantitative estimate of drug-likeness (QED) is 0.495. The first-order valence-corrected chi connectivity index (χ1v) is 6.14. The number of carbonyl (C=O) groups excluding carboxylic acids is 1. The van der Waals surface area contributed by atoms with Crippen LogP contribution in [-0.2, 0) is 19.6 Å². The maximum absolute atomic E-state index is 11.6. The van der Waals surface area contributed by atoms with Crippen LogP contribution in [0.4, 0.5) is 0 Å². The zero-order valence-electron chi connectivity index (χ0n) is 10.4. The minimum Gasteiger partial charge on any atom is -0.467 e. The third-order valence-electron chi connectivity index (χ3n) is 3.39. The Morgan fingerprint density at radius 3 is 2.58 bits per heavy atom. The third kappa shape index (κ3) is 2.25. The molecule has 0 atom stereocenters. The lowest BCUT2D eigenvalue weighted by atomic mass is 10.1. The number of fused-ring (bicyclic) bond motifs is 1. The molecule has 0 radical (unpaired) electrons. The minimum absolute atomic E-state index is 0.319. The average Bonchev–Trinajstić information content (AvgIpc) is 3.04. The van der Waals surface area contributed by atoms with Crippen molar-refractivity contribution in [3.8, 4) is 0 Å². The summed E-state index contributed by atoms with van der Waals surface area (Å²) in [6.45, 7) is 2.35. The second kappa shape index (κ2) is 4.87. The van der Waals surface area contributed by atoms with E-state index in [2.05, 4.69) is 22.5 Å². The van der Waals surface area contributed by atoms with Gasteiger partial charge < -0.3 is 4.42 Å². The van der Waals surface area contributed by atoms with Crippen LogP contribution in [0.15, 0.2) is 41.0 Å². The maximum atomic E-state index is 11.6. The maximum Gasteiger partial charge on any atom is 0.268 e. The van der Waals surface area contributed by atoms with Gasteiger partial charge in [0.15, 0.2) is 0 Å². The number of nitrogens with two attached hydrogens (primary N) is 1. The molecule has 0 saturated heterocycles. The SMILES string of the molecule is NNC(=O)c1ccoc1CN1Cc2ccccc2C1. The molecule has 3 N–H and O–H groups in total. The fourth-order valence-corrected chi connectivity index (χ4v) is 2.46. The van der Waals surface area contributed by atoms with E-state index >= 15 is 0 Å². The molecule has 0 saturated carbocycles. The van der Waals surface area contributed by atoms with Crippen LogP contribution in [-0.4, -0.2) is 10.8 Å². The zero-order chi connectivity index (χ0) is 13.2. The number of nitrogens with one attached hydrogen (secondary N) is 1. The molecule has 1 aliphatic rings. The summed E-state index contributed by atoms with van der Waals surface area (Å²) in [7, 11) is 0. The highest BCUT2D eigenvalue weighted by molar-refractivity contribution is 5.94. The highest BCUT2D eigenvalue weighted by Gasteiger charge is 2.22. The van der Waals surface area contributed by atoms with Gasteiger partial charge in [0.2, 0.25) is 0 Å². The third-order valence-corrected chi connectivity index (χ3v) is 3.39. The van der Waals surface area contributed by atoms with Crippen LogP contribution in [0.25, 0.3) is 0 Å². The summed E-state index contributed by atoms with van der Waals surface area (Å²) < 4.78 is 5.39. The molecule has 0 unspecified atom stereocenters. The number of hydrogen-bond donors (Lipinski definition) is 2. The summed E-state index contributed by atoms with van der Waals surface area (Å²) in [5.74, 6) is 5.48. The summed E-state index contributed by atoms with van der Waals surface area (Å²) in [6.07, 6.45) is 1.52. The van der Waals surface area contributed by atoms with Crippen molar-refractivity contribution in [2.24, 2.45) is 5.84 Å². The second-order valence-corrected chi connectivity index (χ2v) is 4.64. The van der Waals surface area contributed by atoms with Crippen molar-refractivity contribution in [1.29, 1.82) is 0 Å². The molecule has 5 heteroatoms. The van der Waals surface area contributed by atoms with Crippen molar-refractivity contribution >= 4 is 5.91 Å². The first kappa shape index (κ1) is 12.0. The molecule has 0 fully saturated rings. The standard InChI is InChI=1S/C14H15N3O2/c15-16-14(18)12-5-6-19-13(12)9-17-7-10-3-1-2-4-11(10)8-17/h1-6H,7-9,15H2,(H,16,18). The Morgan fingerprint density at radius 1 is 1.26 bits per heavy atom. The predicted octanol–water partition coefficient (Wildman–Crippen LogP) is 1.40. The number of rotatable bonds is 3. The van der Waals surface area contributed by atoms with E-state index in [1.54, 1.807) is 6.07 Å². The van der Waals surface area contributed by atoms with E-state index in [-0.39, 0.29) is 5.91 Å². The molecule has 1 aliphatic heterocycles. The normalized spacial score (nSPS) is 14.4. The van der Waals surface area contributed by atoms with Gasteiger partial charge in [-0.2, -0.15) is 0 Å². The molecular formula is C14H15N3O2. The summed E-state index contributed by atoms with van der Waals surface area (Å²) in [5, 5.41) is 0. The summed E-state index contributed by atoms with van der Waals surface area (Å²) in [6, 6.07) is 9.99. The molecule has 3 rings (SSSR count). The van der Waals surface area contributed by atoms with Crippen molar-refractivity contribution in [2.75, 3.05) is 0 Å². The Hall–Kier alpha value is -2.11. The molecule has 19 heavy (non-hydrogen) atoms. The summed E-state index contributed by atoms with van der Waals surface area (Å²) >= 11 is 0. The van der Waals surface area contributed by atoms with Gasteiger partial charge in [-0.1, -0.05) is 24.3 Å². The highest BCUT2D eigenvalue weighted by Crippen LogP contribution is 2.25. The second-order valence-electron chi connectivity index (χ2n) is 4.64. The van der Waals surface area contributed by atoms with Gasteiger partial charge in [-0.25, -0.2) is 5.84 Å². The van der Waals surface area contributed by atoms with Crippen LogP contribution in [0, 0.1) is 0 Å². The van der Waals surface area contributed by atoms with E-state index < -0.39 is 0 Å². The van der Waals surface area contributed by atoms with Crippen molar-refractivity contribution in [1.82, 2.24) is 10.3 Å². The number of benzene rings is 1. The molecule has 0 aliphatic carbocycles. The smallest absolute Gasteiger partial charge is 0.268 e. The van der Waals surface area contributed by atoms with Crippen molar-refractivity contribution < 1.29 is 9.21 Å². The molecule has 5 nitrogen and oxygen atoms in total. The van der Waals surface area contributed by atoms with E-state index in [9.17, 15) is 4.79 Å². The zero-order valence-corrected chi connectivity index (χ0v) is 10.4. The van der Waals surface area contributed by atoms with Gasteiger partial charge in [0.25, 0.3) is 5.91 Å². The number of nitrogen functional groups attached to an aromatic ring is 1. The lowest BCUT2D eigenvalue weighted by Crippen LogP contribution is -2.31. The summed E-state index contributed by atoms with van der Waals surface area (Å²) in [4.78, 5) is 13.8. The Balaban J connectivity index is 1.75. The molecule has 1 aromatic heterocycles. The number of carbonyl (C=O) groups is 1. The first-order valence-electron chi connectivity index (χ1n) is 6.14. The van der Waals surface area contributed by atoms with Gasteiger partial charge in [0, 0.05) is 13.1 Å². The number of nitrogens with zero attached hydrogens (tertiary/aromatic N) is 1. The van der Waals surface area contributed by atoms with Gasteiger partial charge in [-0.05, 0) is 17.2 Å². The van der Waals surface area contributed by atoms with Crippen molar-refractivity contribution in [3.05, 3.63) is 59.0 Å². The first-order chi connectivity index (χ1) is 9.28. The topological polar surface area (TPSA) is 71.5 Å². The number of hydrogen-bond acceptors (Lipinski definition) is 4. The van der Waals surface area contributed by atoms with Crippen molar-refractivity contribution in [3.63, 3.8) is 0 Å². The largest absolute Gasteiger partial charge is 0.467 e. The fraction of sp³-hybridized carbons (Fsp3) is 0.214. The predicted molar refractivity (Wildman–Crippen MR) is 69.8 cm³/mol. The Morgan fingerprint density at radius 2 is 1.95 bits per heavy atom.